The second-order valence-electron chi connectivity index (χ2n) is 7.59. The summed E-state index contributed by atoms with van der Waals surface area (Å²) in [6.45, 7) is 3.86. The predicted molar refractivity (Wildman–Crippen MR) is 98.0 cm³/mol. The van der Waals surface area contributed by atoms with Crippen LogP contribution >= 0.6 is 0 Å². The fraction of sp³-hybridized carbons (Fsp3) is 0.600. The molecule has 0 saturated heterocycles. The van der Waals surface area contributed by atoms with Crippen molar-refractivity contribution in [1.29, 1.82) is 0 Å². The fourth-order valence-electron chi connectivity index (χ4n) is 3.36. The summed E-state index contributed by atoms with van der Waals surface area (Å²) in [6.07, 6.45) is 0.698. The first-order valence-electron chi connectivity index (χ1n) is 9.45. The topological polar surface area (TPSA) is 58.2 Å². The number of rotatable bonds is 6. The van der Waals surface area contributed by atoms with Crippen molar-refractivity contribution >= 4 is 17.5 Å². The molecule has 1 saturated carbocycles. The Balaban J connectivity index is 2.06. The molecule has 150 valence electrons. The predicted octanol–water partition coefficient (Wildman–Crippen LogP) is 4.76. The van der Waals surface area contributed by atoms with Crippen LogP contribution in [0.1, 0.15) is 57.9 Å². The Kier molecular flexibility index (Phi) is 7.27. The van der Waals surface area contributed by atoms with Crippen molar-refractivity contribution in [2.75, 3.05) is 5.32 Å². The molecule has 2 amide bonds. The Hall–Kier alpha value is -2.05. The number of hydrogen-bond donors (Lipinski definition) is 2. The number of carbonyl (C=O) groups is 2. The van der Waals surface area contributed by atoms with Crippen molar-refractivity contribution < 1.29 is 22.8 Å². The van der Waals surface area contributed by atoms with Crippen LogP contribution in [0.3, 0.4) is 0 Å². The Morgan fingerprint density at radius 2 is 1.81 bits per heavy atom. The van der Waals surface area contributed by atoms with E-state index >= 15 is 0 Å². The molecule has 2 rings (SSSR count). The molecule has 7 heteroatoms. The van der Waals surface area contributed by atoms with E-state index in [1.807, 2.05) is 13.8 Å². The maximum absolute atomic E-state index is 12.8. The highest BCUT2D eigenvalue weighted by atomic mass is 19.4. The van der Waals surface area contributed by atoms with E-state index in [1.165, 1.54) is 12.1 Å². The van der Waals surface area contributed by atoms with Crippen LogP contribution in [0.25, 0.3) is 0 Å². The van der Waals surface area contributed by atoms with E-state index in [0.29, 0.717) is 6.42 Å². The van der Waals surface area contributed by atoms with Crippen LogP contribution < -0.4 is 10.6 Å². The molecule has 0 heterocycles. The SMILES string of the molecule is CC(C)CC(NC(=O)C1CCCCC1)C(=O)Nc1cccc(C(F)(F)F)c1. The van der Waals surface area contributed by atoms with Gasteiger partial charge in [0.25, 0.3) is 0 Å². The fourth-order valence-corrected chi connectivity index (χ4v) is 3.36. The lowest BCUT2D eigenvalue weighted by Gasteiger charge is -2.25. The van der Waals surface area contributed by atoms with Crippen LogP contribution in [0.4, 0.5) is 18.9 Å². The van der Waals surface area contributed by atoms with E-state index in [2.05, 4.69) is 10.6 Å². The smallest absolute Gasteiger partial charge is 0.344 e. The molecule has 1 aromatic rings. The van der Waals surface area contributed by atoms with Crippen molar-refractivity contribution in [1.82, 2.24) is 5.32 Å². The Bertz CT molecular complexity index is 653. The van der Waals surface area contributed by atoms with Crippen LogP contribution in [-0.4, -0.2) is 17.9 Å². The molecule has 0 aliphatic heterocycles. The van der Waals surface area contributed by atoms with Gasteiger partial charge in [-0.05, 0) is 43.4 Å². The van der Waals surface area contributed by atoms with Crippen LogP contribution in [-0.2, 0) is 15.8 Å². The third kappa shape index (κ3) is 6.56. The summed E-state index contributed by atoms with van der Waals surface area (Å²) >= 11 is 0. The van der Waals surface area contributed by atoms with Gasteiger partial charge in [-0.15, -0.1) is 0 Å². The maximum Gasteiger partial charge on any atom is 0.416 e. The minimum Gasteiger partial charge on any atom is -0.344 e. The third-order valence-corrected chi connectivity index (χ3v) is 4.77. The summed E-state index contributed by atoms with van der Waals surface area (Å²) in [6, 6.07) is 3.73. The Labute approximate surface area is 157 Å². The third-order valence-electron chi connectivity index (χ3n) is 4.77. The van der Waals surface area contributed by atoms with Gasteiger partial charge in [0.1, 0.15) is 6.04 Å². The molecule has 1 aromatic carbocycles. The molecule has 0 bridgehead atoms. The molecule has 0 spiro atoms. The lowest BCUT2D eigenvalue weighted by Crippen LogP contribution is -2.47. The van der Waals surface area contributed by atoms with Crippen molar-refractivity contribution in [2.45, 2.75) is 64.6 Å². The zero-order chi connectivity index (χ0) is 20.0. The molecule has 1 atom stereocenters. The first kappa shape index (κ1) is 21.3. The molecule has 2 N–H and O–H groups in total. The van der Waals surface area contributed by atoms with Crippen LogP contribution in [0, 0.1) is 11.8 Å². The van der Waals surface area contributed by atoms with Gasteiger partial charge in [-0.3, -0.25) is 9.59 Å². The van der Waals surface area contributed by atoms with Gasteiger partial charge in [0.05, 0.1) is 5.56 Å². The highest BCUT2D eigenvalue weighted by molar-refractivity contribution is 5.97. The molecule has 27 heavy (non-hydrogen) atoms. The van der Waals surface area contributed by atoms with Gasteiger partial charge in [0.15, 0.2) is 0 Å². The number of alkyl halides is 3. The van der Waals surface area contributed by atoms with Crippen molar-refractivity contribution in [2.24, 2.45) is 11.8 Å². The Morgan fingerprint density at radius 3 is 2.41 bits per heavy atom. The van der Waals surface area contributed by atoms with Gasteiger partial charge >= 0.3 is 6.18 Å². The normalized spacial score (nSPS) is 16.8. The summed E-state index contributed by atoms with van der Waals surface area (Å²) in [7, 11) is 0. The molecular formula is C20H27F3N2O2. The van der Waals surface area contributed by atoms with Gasteiger partial charge in [-0.25, -0.2) is 0 Å². The van der Waals surface area contributed by atoms with Crippen molar-refractivity contribution in [3.63, 3.8) is 0 Å². The Morgan fingerprint density at radius 1 is 1.15 bits per heavy atom. The van der Waals surface area contributed by atoms with Crippen LogP contribution in [0.5, 0.6) is 0 Å². The molecule has 0 radical (unpaired) electrons. The van der Waals surface area contributed by atoms with Crippen LogP contribution in [0.2, 0.25) is 0 Å². The van der Waals surface area contributed by atoms with Crippen LogP contribution in [0.15, 0.2) is 24.3 Å². The van der Waals surface area contributed by atoms with Gasteiger partial charge < -0.3 is 10.6 Å². The lowest BCUT2D eigenvalue weighted by molar-refractivity contribution is -0.137. The van der Waals surface area contributed by atoms with Gasteiger partial charge in [-0.1, -0.05) is 39.2 Å². The van der Waals surface area contributed by atoms with Gasteiger partial charge in [0.2, 0.25) is 11.8 Å². The monoisotopic (exact) mass is 384 g/mol. The summed E-state index contributed by atoms with van der Waals surface area (Å²) in [5.74, 6) is -0.574. The van der Waals surface area contributed by atoms with E-state index in [-0.39, 0.29) is 23.4 Å². The zero-order valence-corrected chi connectivity index (χ0v) is 15.7. The number of nitrogens with one attached hydrogen (secondary N) is 2. The van der Waals surface area contributed by atoms with E-state index in [0.717, 1.165) is 44.2 Å². The number of amides is 2. The summed E-state index contributed by atoms with van der Waals surface area (Å²) in [4.78, 5) is 25.1. The largest absolute Gasteiger partial charge is 0.416 e. The van der Waals surface area contributed by atoms with E-state index in [4.69, 9.17) is 0 Å². The zero-order valence-electron chi connectivity index (χ0n) is 15.7. The van der Waals surface area contributed by atoms with Gasteiger partial charge in [0, 0.05) is 11.6 Å². The van der Waals surface area contributed by atoms with E-state index in [1.54, 1.807) is 0 Å². The number of carbonyl (C=O) groups excluding carboxylic acids is 2. The number of halogens is 3. The quantitative estimate of drug-likeness (QED) is 0.743. The van der Waals surface area contributed by atoms with E-state index < -0.39 is 23.7 Å². The average Bonchev–Trinajstić information content (AvgIpc) is 2.61. The first-order valence-corrected chi connectivity index (χ1v) is 9.45. The molecule has 0 aromatic heterocycles. The average molecular weight is 384 g/mol. The molecule has 1 unspecified atom stereocenters. The van der Waals surface area contributed by atoms with Crippen molar-refractivity contribution in [3.05, 3.63) is 29.8 Å². The molecule has 4 nitrogen and oxygen atoms in total. The molecule has 1 aliphatic carbocycles. The maximum atomic E-state index is 12.8. The molecule has 1 fully saturated rings. The lowest BCUT2D eigenvalue weighted by atomic mass is 9.88. The molecular weight excluding hydrogens is 357 g/mol. The van der Waals surface area contributed by atoms with E-state index in [9.17, 15) is 22.8 Å². The van der Waals surface area contributed by atoms with Gasteiger partial charge in [-0.2, -0.15) is 13.2 Å². The first-order chi connectivity index (χ1) is 12.7. The minimum absolute atomic E-state index is 0.0653. The minimum atomic E-state index is -4.48. The number of hydrogen-bond acceptors (Lipinski definition) is 2. The molecule has 1 aliphatic rings. The number of anilines is 1. The highest BCUT2D eigenvalue weighted by Crippen LogP contribution is 2.30. The standard InChI is InChI=1S/C20H27F3N2O2/c1-13(2)11-17(25-18(26)14-7-4-3-5-8-14)19(27)24-16-10-6-9-15(12-16)20(21,22)23/h6,9-10,12-14,17H,3-5,7-8,11H2,1-2H3,(H,24,27)(H,25,26). The van der Waals surface area contributed by atoms with Crippen molar-refractivity contribution in [3.8, 4) is 0 Å². The number of benzene rings is 1. The highest BCUT2D eigenvalue weighted by Gasteiger charge is 2.31. The summed E-state index contributed by atoms with van der Waals surface area (Å²) in [5.41, 5.74) is -0.762. The summed E-state index contributed by atoms with van der Waals surface area (Å²) < 4.78 is 38.5. The second kappa shape index (κ2) is 9.24. The second-order valence-corrected chi connectivity index (χ2v) is 7.59. The summed E-state index contributed by atoms with van der Waals surface area (Å²) in [5, 5.41) is 5.32.